The maximum atomic E-state index is 12.6. The summed E-state index contributed by atoms with van der Waals surface area (Å²) in [7, 11) is 0. The number of halogens is 1. The lowest BCUT2D eigenvalue weighted by atomic mass is 10.2. The summed E-state index contributed by atoms with van der Waals surface area (Å²) in [5.74, 6) is -1.33. The summed E-state index contributed by atoms with van der Waals surface area (Å²) in [4.78, 5) is 27.5. The van der Waals surface area contributed by atoms with Gasteiger partial charge in [-0.2, -0.15) is 0 Å². The molecule has 2 rings (SSSR count). The van der Waals surface area contributed by atoms with Gasteiger partial charge in [-0.25, -0.2) is 14.2 Å². The van der Waals surface area contributed by atoms with Crippen LogP contribution in [0.3, 0.4) is 0 Å². The molecule has 0 aliphatic heterocycles. The van der Waals surface area contributed by atoms with Gasteiger partial charge in [-0.15, -0.1) is 11.3 Å². The Labute approximate surface area is 142 Å². The SMILES string of the molecule is CCOc1ccc(-c2nc(C)c(C(=O)NC(CF)C(=O)O)s2)cc1. The monoisotopic (exact) mass is 352 g/mol. The minimum atomic E-state index is -1.56. The van der Waals surface area contributed by atoms with Crippen LogP contribution in [0.2, 0.25) is 0 Å². The van der Waals surface area contributed by atoms with Gasteiger partial charge in [0.15, 0.2) is 6.04 Å². The summed E-state index contributed by atoms with van der Waals surface area (Å²) in [6.45, 7) is 2.93. The van der Waals surface area contributed by atoms with Crippen molar-refractivity contribution in [1.29, 1.82) is 0 Å². The number of carboxylic acid groups (broad SMARTS) is 1. The van der Waals surface area contributed by atoms with Crippen molar-refractivity contribution in [3.8, 4) is 16.3 Å². The van der Waals surface area contributed by atoms with Gasteiger partial charge in [0.05, 0.1) is 12.3 Å². The van der Waals surface area contributed by atoms with Crippen molar-refractivity contribution in [3.63, 3.8) is 0 Å². The third-order valence-electron chi connectivity index (χ3n) is 3.17. The highest BCUT2D eigenvalue weighted by molar-refractivity contribution is 7.17. The number of nitrogens with zero attached hydrogens (tertiary/aromatic N) is 1. The van der Waals surface area contributed by atoms with Gasteiger partial charge in [0.2, 0.25) is 0 Å². The number of aliphatic carboxylic acids is 1. The van der Waals surface area contributed by atoms with E-state index in [1.807, 2.05) is 19.1 Å². The molecular formula is C16H17FN2O4S. The minimum Gasteiger partial charge on any atom is -0.494 e. The lowest BCUT2D eigenvalue weighted by molar-refractivity contribution is -0.139. The van der Waals surface area contributed by atoms with Crippen LogP contribution < -0.4 is 10.1 Å². The zero-order chi connectivity index (χ0) is 17.7. The number of alkyl halides is 1. The molecule has 1 unspecified atom stereocenters. The van der Waals surface area contributed by atoms with Crippen molar-refractivity contribution in [2.45, 2.75) is 19.9 Å². The first-order valence-electron chi connectivity index (χ1n) is 7.26. The molecule has 1 atom stereocenters. The molecule has 24 heavy (non-hydrogen) atoms. The molecule has 1 aromatic heterocycles. The summed E-state index contributed by atoms with van der Waals surface area (Å²) < 4.78 is 18.0. The molecule has 1 amide bonds. The van der Waals surface area contributed by atoms with Crippen LogP contribution in [-0.2, 0) is 4.79 Å². The highest BCUT2D eigenvalue weighted by Crippen LogP contribution is 2.29. The van der Waals surface area contributed by atoms with E-state index in [1.54, 1.807) is 19.1 Å². The Morgan fingerprint density at radius 1 is 1.38 bits per heavy atom. The summed E-state index contributed by atoms with van der Waals surface area (Å²) in [6, 6.07) is 5.70. The predicted octanol–water partition coefficient (Wildman–Crippen LogP) is 2.67. The number of carboxylic acids is 1. The number of hydrogen-bond donors (Lipinski definition) is 2. The number of amides is 1. The van der Waals surface area contributed by atoms with Crippen LogP contribution in [0.25, 0.3) is 10.6 Å². The predicted molar refractivity (Wildman–Crippen MR) is 88.3 cm³/mol. The molecule has 2 N–H and O–H groups in total. The number of aromatic nitrogens is 1. The first-order valence-corrected chi connectivity index (χ1v) is 8.08. The molecule has 2 aromatic rings. The fraction of sp³-hybridized carbons (Fsp3) is 0.312. The Morgan fingerprint density at radius 2 is 2.04 bits per heavy atom. The fourth-order valence-electron chi connectivity index (χ4n) is 1.98. The first kappa shape index (κ1) is 17.9. The Bertz CT molecular complexity index is 730. The van der Waals surface area contributed by atoms with Crippen LogP contribution in [0.5, 0.6) is 5.75 Å². The smallest absolute Gasteiger partial charge is 0.328 e. The second kappa shape index (κ2) is 7.87. The molecule has 0 saturated heterocycles. The highest BCUT2D eigenvalue weighted by atomic mass is 32.1. The van der Waals surface area contributed by atoms with Crippen molar-refractivity contribution < 1.29 is 23.8 Å². The number of aryl methyl sites for hydroxylation is 1. The number of ether oxygens (including phenoxy) is 1. The molecule has 0 aliphatic carbocycles. The van der Waals surface area contributed by atoms with Gasteiger partial charge >= 0.3 is 5.97 Å². The zero-order valence-corrected chi connectivity index (χ0v) is 14.0. The normalized spacial score (nSPS) is 11.8. The number of thiazole rings is 1. The number of benzene rings is 1. The quantitative estimate of drug-likeness (QED) is 0.800. The lowest BCUT2D eigenvalue weighted by Gasteiger charge is -2.09. The van der Waals surface area contributed by atoms with E-state index < -0.39 is 24.6 Å². The molecule has 6 nitrogen and oxygen atoms in total. The summed E-state index contributed by atoms with van der Waals surface area (Å²) >= 11 is 1.12. The molecule has 0 radical (unpaired) electrons. The van der Waals surface area contributed by atoms with Crippen LogP contribution in [-0.4, -0.2) is 41.3 Å². The van der Waals surface area contributed by atoms with E-state index in [4.69, 9.17) is 9.84 Å². The van der Waals surface area contributed by atoms with Gasteiger partial charge in [0.1, 0.15) is 22.3 Å². The summed E-state index contributed by atoms with van der Waals surface area (Å²) in [5.41, 5.74) is 1.27. The molecule has 0 bridgehead atoms. The molecule has 0 fully saturated rings. The largest absolute Gasteiger partial charge is 0.494 e. The summed E-state index contributed by atoms with van der Waals surface area (Å²) in [5, 5.41) is 11.6. The van der Waals surface area contributed by atoms with Gasteiger partial charge in [0.25, 0.3) is 5.91 Å². The van der Waals surface area contributed by atoms with Gasteiger partial charge in [-0.1, -0.05) is 0 Å². The summed E-state index contributed by atoms with van der Waals surface area (Å²) in [6.07, 6.45) is 0. The van der Waals surface area contributed by atoms with E-state index in [0.29, 0.717) is 17.3 Å². The third-order valence-corrected chi connectivity index (χ3v) is 4.38. The average molecular weight is 352 g/mol. The van der Waals surface area contributed by atoms with Crippen LogP contribution in [0.1, 0.15) is 22.3 Å². The highest BCUT2D eigenvalue weighted by Gasteiger charge is 2.23. The third kappa shape index (κ3) is 4.08. The molecule has 0 aliphatic rings. The van der Waals surface area contributed by atoms with Gasteiger partial charge in [-0.05, 0) is 38.1 Å². The Hall–Kier alpha value is -2.48. The van der Waals surface area contributed by atoms with E-state index in [-0.39, 0.29) is 4.88 Å². The van der Waals surface area contributed by atoms with E-state index in [0.717, 1.165) is 22.6 Å². The Morgan fingerprint density at radius 3 is 2.58 bits per heavy atom. The van der Waals surface area contributed by atoms with Gasteiger partial charge in [-0.3, -0.25) is 4.79 Å². The van der Waals surface area contributed by atoms with E-state index >= 15 is 0 Å². The number of rotatable bonds is 7. The Balaban J connectivity index is 2.20. The topological polar surface area (TPSA) is 88.5 Å². The molecule has 1 aromatic carbocycles. The number of nitrogens with one attached hydrogen (secondary N) is 1. The molecule has 0 spiro atoms. The van der Waals surface area contributed by atoms with E-state index in [1.165, 1.54) is 0 Å². The van der Waals surface area contributed by atoms with Crippen LogP contribution >= 0.6 is 11.3 Å². The fourth-order valence-corrected chi connectivity index (χ4v) is 2.96. The van der Waals surface area contributed by atoms with Crippen molar-refractivity contribution in [3.05, 3.63) is 34.8 Å². The zero-order valence-electron chi connectivity index (χ0n) is 13.2. The van der Waals surface area contributed by atoms with Gasteiger partial charge in [0, 0.05) is 5.56 Å². The van der Waals surface area contributed by atoms with Crippen LogP contribution in [0, 0.1) is 6.92 Å². The second-order valence-electron chi connectivity index (χ2n) is 4.91. The molecule has 1 heterocycles. The van der Waals surface area contributed by atoms with Gasteiger partial charge < -0.3 is 15.2 Å². The lowest BCUT2D eigenvalue weighted by Crippen LogP contribution is -2.42. The van der Waals surface area contributed by atoms with Crippen molar-refractivity contribution >= 4 is 23.2 Å². The first-order chi connectivity index (χ1) is 11.5. The van der Waals surface area contributed by atoms with E-state index in [9.17, 15) is 14.0 Å². The standard InChI is InChI=1S/C16H17FN2O4S/c1-3-23-11-6-4-10(5-7-11)15-18-9(2)13(24-15)14(20)19-12(8-17)16(21)22/h4-7,12H,3,8H2,1-2H3,(H,19,20)(H,21,22). The van der Waals surface area contributed by atoms with E-state index in [2.05, 4.69) is 10.3 Å². The number of hydrogen-bond acceptors (Lipinski definition) is 5. The average Bonchev–Trinajstić information content (AvgIpc) is 2.95. The Kier molecular flexibility index (Phi) is 5.86. The minimum absolute atomic E-state index is 0.263. The van der Waals surface area contributed by atoms with Crippen LogP contribution in [0.4, 0.5) is 4.39 Å². The maximum Gasteiger partial charge on any atom is 0.328 e. The molecule has 0 saturated carbocycles. The number of carbonyl (C=O) groups excluding carboxylic acids is 1. The molecule has 128 valence electrons. The maximum absolute atomic E-state index is 12.6. The van der Waals surface area contributed by atoms with Crippen molar-refractivity contribution in [2.24, 2.45) is 0 Å². The number of carbonyl (C=O) groups is 2. The molecule has 8 heteroatoms. The van der Waals surface area contributed by atoms with Crippen LogP contribution in [0.15, 0.2) is 24.3 Å². The second-order valence-corrected chi connectivity index (χ2v) is 5.91. The van der Waals surface area contributed by atoms with Crippen molar-refractivity contribution in [2.75, 3.05) is 13.3 Å². The molecular weight excluding hydrogens is 335 g/mol. The van der Waals surface area contributed by atoms with Crippen molar-refractivity contribution in [1.82, 2.24) is 10.3 Å².